The van der Waals surface area contributed by atoms with Crippen LogP contribution in [0.1, 0.15) is 40.0 Å². The van der Waals surface area contributed by atoms with Crippen molar-refractivity contribution in [1.29, 1.82) is 0 Å². The Bertz CT molecular complexity index is 408. The molecule has 4 atom stereocenters. The summed E-state index contributed by atoms with van der Waals surface area (Å²) in [6, 6.07) is 0. The lowest BCUT2D eigenvalue weighted by atomic mass is 9.92. The van der Waals surface area contributed by atoms with Crippen LogP contribution in [0.25, 0.3) is 0 Å². The highest BCUT2D eigenvalue weighted by molar-refractivity contribution is 7.06. The summed E-state index contributed by atoms with van der Waals surface area (Å²) in [7, 11) is -2.11. The van der Waals surface area contributed by atoms with Crippen LogP contribution in [0.15, 0.2) is 0 Å². The molecule has 0 bridgehead atoms. The summed E-state index contributed by atoms with van der Waals surface area (Å²) in [5.41, 5.74) is 0. The molecule has 0 aliphatic heterocycles. The van der Waals surface area contributed by atoms with Crippen molar-refractivity contribution in [3.63, 3.8) is 0 Å². The summed E-state index contributed by atoms with van der Waals surface area (Å²) in [5.74, 6) is 0.359. The number of carbonyl (C=O) groups excluding carboxylic acids is 2. The number of Topliss-reactive ketones (excluding diaryl/α,β-unsaturated/α-hetero) is 1. The molecule has 0 unspecified atom stereocenters. The fraction of sp³-hybridized carbons (Fsp3) is 0.867. The number of ketones is 1. The van der Waals surface area contributed by atoms with Gasteiger partial charge in [0, 0.05) is 18.8 Å². The van der Waals surface area contributed by atoms with E-state index in [0.717, 1.165) is 0 Å². The van der Waals surface area contributed by atoms with E-state index in [1.165, 1.54) is 0 Å². The Morgan fingerprint density at radius 2 is 1.84 bits per heavy atom. The van der Waals surface area contributed by atoms with Crippen LogP contribution in [0.2, 0.25) is 18.1 Å². The highest BCUT2D eigenvalue weighted by Crippen LogP contribution is 2.49. The lowest BCUT2D eigenvalue weighted by Crippen LogP contribution is -2.52. The Morgan fingerprint density at radius 1 is 1.26 bits per heavy atom. The molecule has 0 saturated heterocycles. The molecule has 1 N–H and O–H groups in total. The largest absolute Gasteiger partial charge is 0.392 e. The predicted octanol–water partition coefficient (Wildman–Crippen LogP) is 2.58. The Hall–Kier alpha value is -0.483. The van der Waals surface area contributed by atoms with Crippen molar-refractivity contribution < 1.29 is 14.7 Å². The van der Waals surface area contributed by atoms with Gasteiger partial charge in [-0.2, -0.15) is 0 Å². The van der Waals surface area contributed by atoms with E-state index < -0.39 is 14.2 Å². The minimum Gasteiger partial charge on any atom is -0.392 e. The minimum absolute atomic E-state index is 0.00942. The summed E-state index contributed by atoms with van der Waals surface area (Å²) in [6.45, 7) is 10.6. The molecule has 0 amide bonds. The molecule has 2 fully saturated rings. The molecule has 0 aromatic rings. The van der Waals surface area contributed by atoms with Gasteiger partial charge in [0.1, 0.15) is 19.3 Å². The smallest absolute Gasteiger partial charge is 0.133 e. The first-order valence-electron chi connectivity index (χ1n) is 7.30. The number of hydrogen-bond acceptors (Lipinski definition) is 3. The molecular weight excluding hydrogens is 256 g/mol. The normalized spacial score (nSPS) is 35.6. The van der Waals surface area contributed by atoms with Crippen LogP contribution in [0.4, 0.5) is 0 Å². The van der Waals surface area contributed by atoms with Crippen LogP contribution in [0.5, 0.6) is 0 Å². The number of hydrogen-bond donors (Lipinski definition) is 1. The van der Waals surface area contributed by atoms with Crippen molar-refractivity contribution in [3.8, 4) is 0 Å². The molecule has 3 nitrogen and oxygen atoms in total. The monoisotopic (exact) mass is 282 g/mol. The number of aliphatic hydroxyl groups excluding tert-OH is 1. The third-order valence-corrected chi connectivity index (χ3v) is 11.1. The van der Waals surface area contributed by atoms with E-state index in [0.29, 0.717) is 19.3 Å². The molecule has 0 spiro atoms. The quantitative estimate of drug-likeness (QED) is 0.792. The van der Waals surface area contributed by atoms with Gasteiger partial charge in [-0.15, -0.1) is 0 Å². The maximum atomic E-state index is 13.0. The van der Waals surface area contributed by atoms with Crippen LogP contribution in [0.3, 0.4) is 0 Å². The molecule has 19 heavy (non-hydrogen) atoms. The van der Waals surface area contributed by atoms with Crippen LogP contribution >= 0.6 is 0 Å². The van der Waals surface area contributed by atoms with E-state index in [1.54, 1.807) is 0 Å². The van der Waals surface area contributed by atoms with Crippen molar-refractivity contribution in [2.24, 2.45) is 17.8 Å². The molecule has 108 valence electrons. The van der Waals surface area contributed by atoms with Crippen molar-refractivity contribution in [2.75, 3.05) is 0 Å². The Kier molecular flexibility index (Phi) is 3.55. The Labute approximate surface area is 116 Å². The van der Waals surface area contributed by atoms with Gasteiger partial charge in [0.15, 0.2) is 0 Å². The van der Waals surface area contributed by atoms with Gasteiger partial charge in [0.2, 0.25) is 0 Å². The molecule has 2 rings (SSSR count). The average molecular weight is 282 g/mol. The summed E-state index contributed by atoms with van der Waals surface area (Å²) < 4.78 is 0. The van der Waals surface area contributed by atoms with Gasteiger partial charge in [-0.3, -0.25) is 4.79 Å². The third kappa shape index (κ3) is 2.33. The summed E-state index contributed by atoms with van der Waals surface area (Å²) in [5, 5.41) is 10.5. The second-order valence-corrected chi connectivity index (χ2v) is 13.2. The zero-order valence-electron chi connectivity index (χ0n) is 12.7. The number of carbonyl (C=O) groups is 2. The van der Waals surface area contributed by atoms with Crippen LogP contribution in [-0.4, -0.2) is 30.5 Å². The predicted molar refractivity (Wildman–Crippen MR) is 77.5 cm³/mol. The van der Waals surface area contributed by atoms with E-state index >= 15 is 0 Å². The van der Waals surface area contributed by atoms with Crippen molar-refractivity contribution in [3.05, 3.63) is 0 Å². The maximum Gasteiger partial charge on any atom is 0.133 e. The van der Waals surface area contributed by atoms with Crippen molar-refractivity contribution in [1.82, 2.24) is 0 Å². The number of rotatable bonds is 2. The summed E-state index contributed by atoms with van der Waals surface area (Å²) in [6.07, 6.45) is 1.20. The fourth-order valence-corrected chi connectivity index (χ4v) is 5.51. The van der Waals surface area contributed by atoms with Gasteiger partial charge in [-0.05, 0) is 23.3 Å². The van der Waals surface area contributed by atoms with Gasteiger partial charge in [0.25, 0.3) is 0 Å². The van der Waals surface area contributed by atoms with Crippen molar-refractivity contribution >= 4 is 19.3 Å². The van der Waals surface area contributed by atoms with Gasteiger partial charge >= 0.3 is 0 Å². The Balaban J connectivity index is 2.26. The fourth-order valence-electron chi connectivity index (χ4n) is 3.53. The summed E-state index contributed by atoms with van der Waals surface area (Å²) in [4.78, 5) is 24.6. The van der Waals surface area contributed by atoms with Crippen LogP contribution in [-0.2, 0) is 9.59 Å². The number of fused-ring (bicyclic) bond motifs is 1. The Morgan fingerprint density at radius 3 is 2.37 bits per heavy atom. The molecule has 2 saturated carbocycles. The van der Waals surface area contributed by atoms with Crippen molar-refractivity contribution in [2.45, 2.75) is 64.3 Å². The van der Waals surface area contributed by atoms with Gasteiger partial charge < -0.3 is 9.90 Å². The molecule has 0 heterocycles. The SMILES string of the molecule is CC(C)(C)[Si](C)(C)C(=O)[C@@H]1[C@H]2CC(=O)C[C@H]2C[C@H]1O. The van der Waals surface area contributed by atoms with Gasteiger partial charge in [-0.25, -0.2) is 0 Å². The highest BCUT2D eigenvalue weighted by atomic mass is 28.3. The average Bonchev–Trinajstić information content (AvgIpc) is 2.69. The van der Waals surface area contributed by atoms with Crippen LogP contribution < -0.4 is 0 Å². The molecule has 2 aliphatic rings. The highest BCUT2D eigenvalue weighted by Gasteiger charge is 2.55. The van der Waals surface area contributed by atoms with E-state index in [-0.39, 0.29) is 34.0 Å². The number of aliphatic hydroxyl groups is 1. The van der Waals surface area contributed by atoms with E-state index in [9.17, 15) is 14.7 Å². The zero-order valence-corrected chi connectivity index (χ0v) is 13.7. The topological polar surface area (TPSA) is 54.4 Å². The standard InChI is InChI=1S/C15H26O3Si/c1-15(2,3)19(4,5)14(18)13-11-8-10(16)6-9(11)7-12(13)17/h9,11-13,17H,6-8H2,1-5H3/t9-,11-,12+,13+/m0/s1. The molecule has 0 aromatic heterocycles. The van der Waals surface area contributed by atoms with Crippen LogP contribution in [0, 0.1) is 17.8 Å². The summed E-state index contributed by atoms with van der Waals surface area (Å²) >= 11 is 0. The molecule has 4 heteroatoms. The lowest BCUT2D eigenvalue weighted by molar-refractivity contribution is -0.121. The second-order valence-electron chi connectivity index (χ2n) is 7.94. The molecular formula is C15H26O3Si. The lowest BCUT2D eigenvalue weighted by Gasteiger charge is -2.38. The minimum atomic E-state index is -2.11. The van der Waals surface area contributed by atoms with Gasteiger partial charge in [0.05, 0.1) is 6.10 Å². The second kappa shape index (κ2) is 4.52. The molecule has 0 aromatic carbocycles. The first-order valence-corrected chi connectivity index (χ1v) is 10.3. The van der Waals surface area contributed by atoms with E-state index in [1.807, 2.05) is 0 Å². The first kappa shape index (κ1) is 14.9. The van der Waals surface area contributed by atoms with E-state index in [2.05, 4.69) is 33.9 Å². The van der Waals surface area contributed by atoms with Gasteiger partial charge in [-0.1, -0.05) is 33.9 Å². The molecule has 0 radical (unpaired) electrons. The maximum absolute atomic E-state index is 13.0. The molecule has 2 aliphatic carbocycles. The first-order chi connectivity index (χ1) is 8.55. The third-order valence-electron chi connectivity index (χ3n) is 5.77. The zero-order chi connectivity index (χ0) is 14.6. The van der Waals surface area contributed by atoms with E-state index in [4.69, 9.17) is 0 Å².